The van der Waals surface area contributed by atoms with E-state index in [4.69, 9.17) is 5.10 Å². The second-order valence-electron chi connectivity index (χ2n) is 6.58. The highest BCUT2D eigenvalue weighted by Crippen LogP contribution is 2.23. The fourth-order valence-corrected chi connectivity index (χ4v) is 3.33. The molecule has 1 aromatic heterocycles. The highest BCUT2D eigenvalue weighted by molar-refractivity contribution is 5.62. The van der Waals surface area contributed by atoms with Gasteiger partial charge in [0, 0.05) is 24.0 Å². The van der Waals surface area contributed by atoms with Gasteiger partial charge in [0.25, 0.3) is 0 Å². The van der Waals surface area contributed by atoms with Gasteiger partial charge < -0.3 is 10.6 Å². The van der Waals surface area contributed by atoms with Crippen LogP contribution in [0.4, 0.5) is 5.69 Å². The summed E-state index contributed by atoms with van der Waals surface area (Å²) in [6.07, 6.45) is 4.43. The largest absolute Gasteiger partial charge is 0.381 e. The van der Waals surface area contributed by atoms with Gasteiger partial charge in [-0.05, 0) is 49.7 Å². The second-order valence-corrected chi connectivity index (χ2v) is 6.58. The number of hydrogen-bond donors (Lipinski definition) is 2. The maximum atomic E-state index is 4.80. The van der Waals surface area contributed by atoms with Crippen LogP contribution in [0.2, 0.25) is 0 Å². The van der Waals surface area contributed by atoms with Crippen LogP contribution in [0.25, 0.3) is 11.3 Å². The summed E-state index contributed by atoms with van der Waals surface area (Å²) >= 11 is 0. The first-order chi connectivity index (χ1) is 12.4. The van der Waals surface area contributed by atoms with Crippen LogP contribution in [0, 0.1) is 0 Å². The Balaban J connectivity index is 1.40. The lowest BCUT2D eigenvalue weighted by Gasteiger charge is -2.22. The lowest BCUT2D eigenvalue weighted by Crippen LogP contribution is -2.29. The van der Waals surface area contributed by atoms with Gasteiger partial charge in [-0.15, -0.1) is 0 Å². The molecule has 1 aliphatic rings. The van der Waals surface area contributed by atoms with Crippen LogP contribution in [0.3, 0.4) is 0 Å². The second kappa shape index (κ2) is 7.53. The standard InChI is InChI=1S/C21H24N4/c1-2-4-17(5-3-1)16-23-19-8-6-18(7-9-19)21-12-15-25(24-21)20-10-13-22-14-11-20/h1-9,12,15,20,22-23H,10-11,13-14,16H2. The first-order valence-electron chi connectivity index (χ1n) is 9.02. The number of piperidine rings is 1. The molecule has 1 saturated heterocycles. The van der Waals surface area contributed by atoms with Crippen molar-refractivity contribution >= 4 is 5.69 Å². The van der Waals surface area contributed by atoms with Gasteiger partial charge in [-0.25, -0.2) is 0 Å². The first kappa shape index (κ1) is 15.9. The minimum Gasteiger partial charge on any atom is -0.381 e. The molecule has 0 atom stereocenters. The molecule has 4 nitrogen and oxygen atoms in total. The summed E-state index contributed by atoms with van der Waals surface area (Å²) in [5, 5.41) is 11.7. The van der Waals surface area contributed by atoms with Crippen molar-refractivity contribution < 1.29 is 0 Å². The van der Waals surface area contributed by atoms with Gasteiger partial charge in [-0.3, -0.25) is 4.68 Å². The van der Waals surface area contributed by atoms with Crippen LogP contribution >= 0.6 is 0 Å². The molecule has 2 heterocycles. The van der Waals surface area contributed by atoms with E-state index < -0.39 is 0 Å². The zero-order chi connectivity index (χ0) is 16.9. The van der Waals surface area contributed by atoms with E-state index in [0.717, 1.165) is 49.4 Å². The van der Waals surface area contributed by atoms with E-state index in [2.05, 4.69) is 76.1 Å². The van der Waals surface area contributed by atoms with Crippen molar-refractivity contribution in [2.75, 3.05) is 18.4 Å². The third-order valence-electron chi connectivity index (χ3n) is 4.81. The molecule has 0 saturated carbocycles. The minimum atomic E-state index is 0.529. The smallest absolute Gasteiger partial charge is 0.0923 e. The number of anilines is 1. The number of benzene rings is 2. The molecule has 2 aromatic carbocycles. The van der Waals surface area contributed by atoms with Crippen molar-refractivity contribution in [1.82, 2.24) is 15.1 Å². The fraction of sp³-hybridized carbons (Fsp3) is 0.286. The van der Waals surface area contributed by atoms with Crippen molar-refractivity contribution in [2.24, 2.45) is 0 Å². The summed E-state index contributed by atoms with van der Waals surface area (Å²) < 4.78 is 2.14. The van der Waals surface area contributed by atoms with Gasteiger partial charge in [0.2, 0.25) is 0 Å². The maximum Gasteiger partial charge on any atom is 0.0923 e. The van der Waals surface area contributed by atoms with Crippen molar-refractivity contribution in [3.8, 4) is 11.3 Å². The van der Waals surface area contributed by atoms with Crippen molar-refractivity contribution in [3.63, 3.8) is 0 Å². The third-order valence-corrected chi connectivity index (χ3v) is 4.81. The van der Waals surface area contributed by atoms with E-state index in [0.29, 0.717) is 6.04 Å². The zero-order valence-electron chi connectivity index (χ0n) is 14.4. The molecule has 0 radical (unpaired) electrons. The number of hydrogen-bond acceptors (Lipinski definition) is 3. The molecule has 0 amide bonds. The molecule has 3 aromatic rings. The summed E-state index contributed by atoms with van der Waals surface area (Å²) in [5.41, 5.74) is 4.63. The zero-order valence-corrected chi connectivity index (χ0v) is 14.4. The van der Waals surface area contributed by atoms with E-state index in [1.165, 1.54) is 5.56 Å². The molecule has 0 unspecified atom stereocenters. The van der Waals surface area contributed by atoms with Crippen molar-refractivity contribution in [1.29, 1.82) is 0 Å². The predicted molar refractivity (Wildman–Crippen MR) is 103 cm³/mol. The lowest BCUT2D eigenvalue weighted by molar-refractivity contribution is 0.343. The Morgan fingerprint density at radius 3 is 2.48 bits per heavy atom. The van der Waals surface area contributed by atoms with E-state index in [-0.39, 0.29) is 0 Å². The lowest BCUT2D eigenvalue weighted by atomic mass is 10.1. The molecule has 25 heavy (non-hydrogen) atoms. The summed E-state index contributed by atoms with van der Waals surface area (Å²) in [5.74, 6) is 0. The van der Waals surface area contributed by atoms with Gasteiger partial charge in [-0.1, -0.05) is 42.5 Å². The summed E-state index contributed by atoms with van der Waals surface area (Å²) in [6.45, 7) is 3.01. The van der Waals surface area contributed by atoms with Crippen molar-refractivity contribution in [2.45, 2.75) is 25.4 Å². The molecule has 4 heteroatoms. The Morgan fingerprint density at radius 2 is 1.72 bits per heavy atom. The van der Waals surface area contributed by atoms with Crippen LogP contribution < -0.4 is 10.6 Å². The molecule has 128 valence electrons. The molecular weight excluding hydrogens is 308 g/mol. The van der Waals surface area contributed by atoms with Crippen LogP contribution in [0.15, 0.2) is 66.9 Å². The third kappa shape index (κ3) is 3.91. The van der Waals surface area contributed by atoms with E-state index in [1.807, 2.05) is 6.07 Å². The molecule has 0 spiro atoms. The Bertz CT molecular complexity index is 786. The minimum absolute atomic E-state index is 0.529. The number of aromatic nitrogens is 2. The topological polar surface area (TPSA) is 41.9 Å². The van der Waals surface area contributed by atoms with Crippen molar-refractivity contribution in [3.05, 3.63) is 72.4 Å². The molecular formula is C21H24N4. The molecule has 0 aliphatic carbocycles. The average Bonchev–Trinajstić information content (AvgIpc) is 3.19. The Hall–Kier alpha value is -2.59. The van der Waals surface area contributed by atoms with E-state index in [9.17, 15) is 0 Å². The predicted octanol–water partition coefficient (Wildman–Crippen LogP) is 4.09. The first-order valence-corrected chi connectivity index (χ1v) is 9.02. The van der Waals surface area contributed by atoms with Gasteiger partial charge in [0.15, 0.2) is 0 Å². The van der Waals surface area contributed by atoms with Gasteiger partial charge in [0.1, 0.15) is 0 Å². The Kier molecular flexibility index (Phi) is 4.79. The van der Waals surface area contributed by atoms with Crippen LogP contribution in [-0.4, -0.2) is 22.9 Å². The fourth-order valence-electron chi connectivity index (χ4n) is 3.33. The molecule has 1 aliphatic heterocycles. The quantitative estimate of drug-likeness (QED) is 0.739. The highest BCUT2D eigenvalue weighted by atomic mass is 15.3. The molecule has 1 fully saturated rings. The molecule has 4 rings (SSSR count). The Labute approximate surface area is 148 Å². The summed E-state index contributed by atoms with van der Waals surface area (Å²) in [4.78, 5) is 0. The number of rotatable bonds is 5. The van der Waals surface area contributed by atoms with Crippen LogP contribution in [0.1, 0.15) is 24.4 Å². The Morgan fingerprint density at radius 1 is 0.960 bits per heavy atom. The highest BCUT2D eigenvalue weighted by Gasteiger charge is 2.15. The summed E-state index contributed by atoms with van der Waals surface area (Å²) in [6, 6.07) is 21.6. The molecule has 2 N–H and O–H groups in total. The maximum absolute atomic E-state index is 4.80. The molecule has 0 bridgehead atoms. The van der Waals surface area contributed by atoms with Gasteiger partial charge in [0.05, 0.1) is 11.7 Å². The number of nitrogens with one attached hydrogen (secondary N) is 2. The number of nitrogens with zero attached hydrogens (tertiary/aromatic N) is 2. The van der Waals surface area contributed by atoms with Gasteiger partial charge in [-0.2, -0.15) is 5.10 Å². The van der Waals surface area contributed by atoms with E-state index >= 15 is 0 Å². The SMILES string of the molecule is c1ccc(CNc2ccc(-c3ccn(C4CCNCC4)n3)cc2)cc1. The van der Waals surface area contributed by atoms with Crippen LogP contribution in [-0.2, 0) is 6.54 Å². The monoisotopic (exact) mass is 332 g/mol. The summed E-state index contributed by atoms with van der Waals surface area (Å²) in [7, 11) is 0. The van der Waals surface area contributed by atoms with Crippen LogP contribution in [0.5, 0.6) is 0 Å². The van der Waals surface area contributed by atoms with E-state index in [1.54, 1.807) is 0 Å². The average molecular weight is 332 g/mol. The van der Waals surface area contributed by atoms with Gasteiger partial charge >= 0.3 is 0 Å². The normalized spacial score (nSPS) is 15.2.